The topological polar surface area (TPSA) is 6.48 Å². The van der Waals surface area contributed by atoms with Gasteiger partial charge in [0.1, 0.15) is 0 Å². The number of anilines is 2. The quantitative estimate of drug-likeness (QED) is 0.341. The molecule has 0 saturated heterocycles. The largest absolute Gasteiger partial charge is 0.378 e. The molecule has 2 nitrogen and oxygen atoms in total. The molecular formula is C35H40N2. The van der Waals surface area contributed by atoms with Crippen molar-refractivity contribution < 1.29 is 0 Å². The van der Waals surface area contributed by atoms with Crippen LogP contribution in [0.1, 0.15) is 50.2 Å². The van der Waals surface area contributed by atoms with Gasteiger partial charge in [-0.05, 0) is 89.6 Å². The number of hydrogen-bond donors (Lipinski definition) is 0. The van der Waals surface area contributed by atoms with E-state index in [1.54, 1.807) is 0 Å². The van der Waals surface area contributed by atoms with Crippen LogP contribution in [0.25, 0.3) is 17.2 Å². The Morgan fingerprint density at radius 1 is 0.919 bits per heavy atom. The fraction of sp³-hybridized carbons (Fsp3) is 0.314. The highest BCUT2D eigenvalue weighted by Crippen LogP contribution is 2.43. The molecule has 37 heavy (non-hydrogen) atoms. The van der Waals surface area contributed by atoms with Crippen molar-refractivity contribution in [2.45, 2.75) is 45.6 Å². The van der Waals surface area contributed by atoms with Crippen molar-refractivity contribution in [3.63, 3.8) is 0 Å². The van der Waals surface area contributed by atoms with Crippen molar-refractivity contribution in [1.29, 1.82) is 0 Å². The van der Waals surface area contributed by atoms with Crippen molar-refractivity contribution in [3.05, 3.63) is 114 Å². The van der Waals surface area contributed by atoms with E-state index in [0.29, 0.717) is 11.8 Å². The Labute approximate surface area is 223 Å². The molecule has 2 heteroatoms. The molecule has 2 unspecified atom stereocenters. The summed E-state index contributed by atoms with van der Waals surface area (Å²) in [6, 6.07) is 26.8. The van der Waals surface area contributed by atoms with Crippen molar-refractivity contribution >= 4 is 17.5 Å². The summed E-state index contributed by atoms with van der Waals surface area (Å²) < 4.78 is 0. The second-order valence-corrected chi connectivity index (χ2v) is 10.9. The van der Waals surface area contributed by atoms with E-state index in [9.17, 15) is 0 Å². The van der Waals surface area contributed by atoms with Crippen molar-refractivity contribution in [2.24, 2.45) is 11.8 Å². The summed E-state index contributed by atoms with van der Waals surface area (Å²) in [6.45, 7) is 12.2. The number of fused-ring (bicyclic) bond motifs is 4. The van der Waals surface area contributed by atoms with E-state index in [1.165, 1.54) is 76.2 Å². The Morgan fingerprint density at radius 2 is 1.59 bits per heavy atom. The number of benzene rings is 3. The fourth-order valence-electron chi connectivity index (χ4n) is 5.97. The lowest BCUT2D eigenvalue weighted by Gasteiger charge is -2.38. The smallest absolute Gasteiger partial charge is 0.0478 e. The lowest BCUT2D eigenvalue weighted by Crippen LogP contribution is -2.30. The summed E-state index contributed by atoms with van der Waals surface area (Å²) in [7, 11) is 4.15. The number of allylic oxidation sites excluding steroid dienone is 3. The Hall–Kier alpha value is -3.52. The molecule has 190 valence electrons. The zero-order valence-corrected chi connectivity index (χ0v) is 22.7. The van der Waals surface area contributed by atoms with Gasteiger partial charge in [0, 0.05) is 37.7 Å². The molecule has 0 amide bonds. The lowest BCUT2D eigenvalue weighted by molar-refractivity contribution is 0.326. The third kappa shape index (κ3) is 5.44. The molecule has 0 aromatic heterocycles. The van der Waals surface area contributed by atoms with Crippen LogP contribution in [0.5, 0.6) is 0 Å². The standard InChI is InChI=1S/C35H40N2/c1-6-25(2)35-22-28-9-7-12-34(21-28)37(26(3)31-10-8-11-32(35)23-31)24-27-13-15-29(16-14-27)30-17-19-33(20-18-30)36(4)5/h7,9,12-22,31-32H,2-3,6,8,10-11,23-24H2,1,4-5H3/b35-22-. The molecule has 1 fully saturated rings. The van der Waals surface area contributed by atoms with Crippen molar-refractivity contribution in [2.75, 3.05) is 23.9 Å². The molecule has 2 aliphatic rings. The van der Waals surface area contributed by atoms with Crippen LogP contribution in [0.3, 0.4) is 0 Å². The Kier molecular flexibility index (Phi) is 7.37. The highest BCUT2D eigenvalue weighted by atomic mass is 15.1. The number of nitrogens with zero attached hydrogens (tertiary/aromatic N) is 2. The fourth-order valence-corrected chi connectivity index (χ4v) is 5.97. The highest BCUT2D eigenvalue weighted by Gasteiger charge is 2.30. The van der Waals surface area contributed by atoms with Gasteiger partial charge in [0.25, 0.3) is 0 Å². The van der Waals surface area contributed by atoms with Crippen molar-refractivity contribution in [1.82, 2.24) is 0 Å². The summed E-state index contributed by atoms with van der Waals surface area (Å²) in [4.78, 5) is 4.60. The summed E-state index contributed by atoms with van der Waals surface area (Å²) in [6.07, 6.45) is 8.32. The molecule has 1 aliphatic carbocycles. The van der Waals surface area contributed by atoms with Crippen LogP contribution in [-0.4, -0.2) is 14.1 Å². The molecule has 0 radical (unpaired) electrons. The average Bonchev–Trinajstić information content (AvgIpc) is 2.94. The van der Waals surface area contributed by atoms with E-state index < -0.39 is 0 Å². The van der Waals surface area contributed by atoms with Gasteiger partial charge in [-0.1, -0.05) is 86.7 Å². The van der Waals surface area contributed by atoms with Gasteiger partial charge in [-0.2, -0.15) is 0 Å². The minimum absolute atomic E-state index is 0.503. The Morgan fingerprint density at radius 3 is 2.27 bits per heavy atom. The van der Waals surface area contributed by atoms with Crippen LogP contribution in [0.15, 0.2) is 103 Å². The van der Waals surface area contributed by atoms with Crippen LogP contribution in [0, 0.1) is 11.8 Å². The van der Waals surface area contributed by atoms with Crippen LogP contribution < -0.4 is 9.80 Å². The summed E-state index contributed by atoms with van der Waals surface area (Å²) in [5.74, 6) is 1.08. The van der Waals surface area contributed by atoms with E-state index in [-0.39, 0.29) is 0 Å². The van der Waals surface area contributed by atoms with Gasteiger partial charge in [0.2, 0.25) is 0 Å². The maximum absolute atomic E-state index is 4.70. The van der Waals surface area contributed by atoms with E-state index in [0.717, 1.165) is 13.0 Å². The predicted molar refractivity (Wildman–Crippen MR) is 161 cm³/mol. The first-order valence-electron chi connectivity index (χ1n) is 13.8. The molecule has 0 spiro atoms. The van der Waals surface area contributed by atoms with Gasteiger partial charge in [-0.25, -0.2) is 0 Å². The van der Waals surface area contributed by atoms with E-state index in [4.69, 9.17) is 6.58 Å². The first-order chi connectivity index (χ1) is 17.9. The number of hydrogen-bond acceptors (Lipinski definition) is 2. The zero-order valence-electron chi connectivity index (χ0n) is 22.7. The molecule has 3 aromatic carbocycles. The molecule has 2 atom stereocenters. The molecular weight excluding hydrogens is 448 g/mol. The Balaban J connectivity index is 1.45. The van der Waals surface area contributed by atoms with Crippen LogP contribution in [0.2, 0.25) is 0 Å². The summed E-state index contributed by atoms with van der Waals surface area (Å²) >= 11 is 0. The molecule has 1 heterocycles. The maximum atomic E-state index is 4.70. The summed E-state index contributed by atoms with van der Waals surface area (Å²) in [5.41, 5.74) is 11.5. The van der Waals surface area contributed by atoms with Crippen LogP contribution in [0.4, 0.5) is 11.4 Å². The maximum Gasteiger partial charge on any atom is 0.0478 e. The first kappa shape index (κ1) is 25.1. The molecule has 1 aliphatic heterocycles. The monoisotopic (exact) mass is 488 g/mol. The van der Waals surface area contributed by atoms with Gasteiger partial charge < -0.3 is 9.80 Å². The molecule has 0 N–H and O–H groups in total. The van der Waals surface area contributed by atoms with Gasteiger partial charge >= 0.3 is 0 Å². The van der Waals surface area contributed by atoms with Gasteiger partial charge in [-0.3, -0.25) is 0 Å². The normalized spacial score (nSPS) is 20.7. The SMILES string of the molecule is C=C(CC)/C1=C/c2cccc(c2)N(Cc2ccc(-c3ccc(N(C)C)cc3)cc2)C(=C)C2CCCC1C2. The van der Waals surface area contributed by atoms with E-state index >= 15 is 0 Å². The van der Waals surface area contributed by atoms with Crippen LogP contribution in [-0.2, 0) is 6.54 Å². The molecule has 4 bridgehead atoms. The number of rotatable bonds is 6. The molecule has 1 saturated carbocycles. The highest BCUT2D eigenvalue weighted by molar-refractivity contribution is 5.68. The average molecular weight is 489 g/mol. The van der Waals surface area contributed by atoms with Gasteiger partial charge in [-0.15, -0.1) is 0 Å². The third-order valence-electron chi connectivity index (χ3n) is 8.28. The zero-order chi connectivity index (χ0) is 25.9. The predicted octanol–water partition coefficient (Wildman–Crippen LogP) is 9.11. The second kappa shape index (κ2) is 10.8. The van der Waals surface area contributed by atoms with Gasteiger partial charge in [0.05, 0.1) is 0 Å². The minimum atomic E-state index is 0.503. The second-order valence-electron chi connectivity index (χ2n) is 10.9. The minimum Gasteiger partial charge on any atom is -0.378 e. The van der Waals surface area contributed by atoms with E-state index in [2.05, 4.69) is 116 Å². The third-order valence-corrected chi connectivity index (χ3v) is 8.28. The van der Waals surface area contributed by atoms with Gasteiger partial charge in [0.15, 0.2) is 0 Å². The summed E-state index contributed by atoms with van der Waals surface area (Å²) in [5, 5.41) is 0. The Bertz CT molecular complexity index is 1290. The molecule has 5 rings (SSSR count). The van der Waals surface area contributed by atoms with Crippen LogP contribution >= 0.6 is 0 Å². The van der Waals surface area contributed by atoms with E-state index in [1.807, 2.05) is 0 Å². The first-order valence-corrected chi connectivity index (χ1v) is 13.8. The lowest BCUT2D eigenvalue weighted by atomic mass is 9.73. The van der Waals surface area contributed by atoms with Crippen molar-refractivity contribution in [3.8, 4) is 11.1 Å². The molecule has 3 aromatic rings.